The highest BCUT2D eigenvalue weighted by atomic mass is 19.4. The minimum absolute atomic E-state index is 0.201. The average molecular weight is 439 g/mol. The van der Waals surface area contributed by atoms with Gasteiger partial charge >= 0.3 is 12.1 Å². The maximum atomic E-state index is 15.2. The molecule has 5 rings (SSSR count). The molecule has 1 saturated heterocycles. The first kappa shape index (κ1) is 20.1. The maximum Gasteiger partial charge on any atom is 0.471 e. The van der Waals surface area contributed by atoms with Crippen LogP contribution in [0.25, 0.3) is 10.9 Å². The van der Waals surface area contributed by atoms with Crippen LogP contribution in [0, 0.1) is 11.7 Å². The average Bonchev–Trinajstić information content (AvgIpc) is 3.31. The van der Waals surface area contributed by atoms with E-state index in [1.54, 1.807) is 15.5 Å². The summed E-state index contributed by atoms with van der Waals surface area (Å²) >= 11 is 0. The SMILES string of the molecule is C[C@H]1COc2c(N3CC[C@@H](C4(NC(=O)C(F)(F)F)CC4)C3)c(F)cc3ccc(=O)n1c23. The molecule has 6 nitrogen and oxygen atoms in total. The standard InChI is InChI=1S/C21H21F4N3O3/c1-11-10-31-18-16-12(2-3-15(29)28(11)16)8-14(22)17(18)27-7-4-13(9-27)20(5-6-20)26-19(30)21(23,24)25/h2-3,8,11,13H,4-7,9-10H2,1H3,(H,26,30)/t11-,13+/m0/s1. The van der Waals surface area contributed by atoms with Crippen LogP contribution in [0.4, 0.5) is 23.2 Å². The van der Waals surface area contributed by atoms with E-state index in [1.807, 2.05) is 6.92 Å². The lowest BCUT2D eigenvalue weighted by Gasteiger charge is -2.31. The van der Waals surface area contributed by atoms with Crippen molar-refractivity contribution in [2.24, 2.45) is 5.92 Å². The molecular formula is C21H21F4N3O3. The molecule has 0 radical (unpaired) electrons. The van der Waals surface area contributed by atoms with Crippen molar-refractivity contribution in [3.8, 4) is 5.75 Å². The Morgan fingerprint density at radius 1 is 1.29 bits per heavy atom. The van der Waals surface area contributed by atoms with Crippen LogP contribution in [0.15, 0.2) is 23.0 Å². The van der Waals surface area contributed by atoms with Crippen molar-refractivity contribution in [2.75, 3.05) is 24.6 Å². The van der Waals surface area contributed by atoms with Crippen LogP contribution in [0.3, 0.4) is 0 Å². The summed E-state index contributed by atoms with van der Waals surface area (Å²) in [4.78, 5) is 25.7. The minimum atomic E-state index is -4.93. The molecule has 0 bridgehead atoms. The number of nitrogens with zero attached hydrogens (tertiary/aromatic N) is 2. The zero-order valence-electron chi connectivity index (χ0n) is 16.8. The van der Waals surface area contributed by atoms with Crippen LogP contribution >= 0.6 is 0 Å². The lowest BCUT2D eigenvalue weighted by atomic mass is 9.96. The van der Waals surface area contributed by atoms with Crippen molar-refractivity contribution < 1.29 is 27.1 Å². The number of halogens is 4. The molecule has 1 aliphatic carbocycles. The maximum absolute atomic E-state index is 15.2. The highest BCUT2D eigenvalue weighted by Crippen LogP contribution is 2.49. The molecule has 1 aromatic carbocycles. The molecule has 1 saturated carbocycles. The highest BCUT2D eigenvalue weighted by molar-refractivity contribution is 5.92. The third-order valence-corrected chi connectivity index (χ3v) is 6.70. The molecule has 3 heterocycles. The third-order valence-electron chi connectivity index (χ3n) is 6.70. The van der Waals surface area contributed by atoms with Crippen molar-refractivity contribution in [3.05, 3.63) is 34.4 Å². The number of pyridine rings is 1. The molecule has 2 atom stereocenters. The smallest absolute Gasteiger partial charge is 0.471 e. The van der Waals surface area contributed by atoms with Gasteiger partial charge in [0.1, 0.15) is 12.3 Å². The van der Waals surface area contributed by atoms with Gasteiger partial charge in [-0.05, 0) is 38.3 Å². The number of anilines is 1. The summed E-state index contributed by atoms with van der Waals surface area (Å²) in [6.07, 6.45) is -3.48. The van der Waals surface area contributed by atoms with Crippen molar-refractivity contribution in [1.29, 1.82) is 0 Å². The Balaban J connectivity index is 1.49. The Labute approximate surface area is 174 Å². The molecule has 10 heteroatoms. The van der Waals surface area contributed by atoms with Crippen molar-refractivity contribution in [3.63, 3.8) is 0 Å². The number of carbonyl (C=O) groups is 1. The van der Waals surface area contributed by atoms with E-state index in [1.165, 1.54) is 12.1 Å². The predicted molar refractivity (Wildman–Crippen MR) is 105 cm³/mol. The van der Waals surface area contributed by atoms with E-state index in [2.05, 4.69) is 5.32 Å². The Kier molecular flexibility index (Phi) is 4.29. The van der Waals surface area contributed by atoms with Gasteiger partial charge < -0.3 is 15.0 Å². The van der Waals surface area contributed by atoms with Crippen LogP contribution in [0.2, 0.25) is 0 Å². The van der Waals surface area contributed by atoms with Gasteiger partial charge in [-0.15, -0.1) is 0 Å². The number of hydrogen-bond donors (Lipinski definition) is 1. The van der Waals surface area contributed by atoms with Crippen LogP contribution in [0.1, 0.15) is 32.2 Å². The summed E-state index contributed by atoms with van der Waals surface area (Å²) in [7, 11) is 0. The Hall–Kier alpha value is -2.78. The number of alkyl halides is 3. The Morgan fingerprint density at radius 3 is 2.71 bits per heavy atom. The van der Waals surface area contributed by atoms with E-state index in [-0.39, 0.29) is 35.6 Å². The third kappa shape index (κ3) is 3.14. The molecule has 31 heavy (non-hydrogen) atoms. The zero-order chi connectivity index (χ0) is 22.1. The normalized spacial score (nSPS) is 24.2. The first-order chi connectivity index (χ1) is 14.6. The molecule has 0 spiro atoms. The Morgan fingerprint density at radius 2 is 2.03 bits per heavy atom. The number of nitrogens with one attached hydrogen (secondary N) is 1. The van der Waals surface area contributed by atoms with Gasteiger partial charge in [0.2, 0.25) is 0 Å². The number of hydrogen-bond acceptors (Lipinski definition) is 4. The van der Waals surface area contributed by atoms with Crippen molar-refractivity contribution in [1.82, 2.24) is 9.88 Å². The van der Waals surface area contributed by atoms with E-state index in [0.29, 0.717) is 43.3 Å². The summed E-state index contributed by atoms with van der Waals surface area (Å²) in [6, 6.07) is 4.11. The van der Waals surface area contributed by atoms with E-state index in [9.17, 15) is 22.8 Å². The quantitative estimate of drug-likeness (QED) is 0.747. The fourth-order valence-corrected chi connectivity index (χ4v) is 4.98. The van der Waals surface area contributed by atoms with Gasteiger partial charge in [-0.3, -0.25) is 14.2 Å². The summed E-state index contributed by atoms with van der Waals surface area (Å²) in [5, 5.41) is 2.72. The number of benzene rings is 1. The first-order valence-corrected chi connectivity index (χ1v) is 10.3. The molecule has 2 fully saturated rings. The van der Waals surface area contributed by atoms with Crippen LogP contribution in [-0.2, 0) is 4.79 Å². The number of carbonyl (C=O) groups excluding carboxylic acids is 1. The topological polar surface area (TPSA) is 63.6 Å². The Bertz CT molecular complexity index is 1140. The molecule has 2 aromatic rings. The summed E-state index contributed by atoms with van der Waals surface area (Å²) in [5.74, 6) is -2.39. The molecule has 1 N–H and O–H groups in total. The van der Waals surface area contributed by atoms with Crippen LogP contribution < -0.4 is 20.5 Å². The largest absolute Gasteiger partial charge is 0.487 e. The molecule has 0 unspecified atom stereocenters. The molecule has 166 valence electrons. The van der Waals surface area contributed by atoms with Gasteiger partial charge in [0.25, 0.3) is 5.56 Å². The first-order valence-electron chi connectivity index (χ1n) is 10.3. The van der Waals surface area contributed by atoms with Crippen LogP contribution in [-0.4, -0.2) is 41.9 Å². The monoisotopic (exact) mass is 439 g/mol. The summed E-state index contributed by atoms with van der Waals surface area (Å²) < 4.78 is 60.8. The summed E-state index contributed by atoms with van der Waals surface area (Å²) in [5.41, 5.74) is -0.353. The highest BCUT2D eigenvalue weighted by Gasteiger charge is 2.55. The van der Waals surface area contributed by atoms with Gasteiger partial charge in [-0.1, -0.05) is 0 Å². The summed E-state index contributed by atoms with van der Waals surface area (Å²) in [6.45, 7) is 2.77. The second-order valence-corrected chi connectivity index (χ2v) is 8.72. The van der Waals surface area contributed by atoms with E-state index < -0.39 is 23.4 Å². The molecule has 3 aliphatic rings. The lowest BCUT2D eigenvalue weighted by Crippen LogP contribution is -2.49. The molecular weight excluding hydrogens is 418 g/mol. The number of rotatable bonds is 3. The van der Waals surface area contributed by atoms with Crippen LogP contribution in [0.5, 0.6) is 5.75 Å². The second kappa shape index (κ2) is 6.61. The van der Waals surface area contributed by atoms with Crippen molar-refractivity contribution in [2.45, 2.75) is 43.9 Å². The van der Waals surface area contributed by atoms with E-state index >= 15 is 4.39 Å². The fourth-order valence-electron chi connectivity index (χ4n) is 4.98. The minimum Gasteiger partial charge on any atom is -0.487 e. The van der Waals surface area contributed by atoms with Gasteiger partial charge in [0.15, 0.2) is 11.6 Å². The number of ether oxygens (including phenoxy) is 1. The molecule has 1 amide bonds. The second-order valence-electron chi connectivity index (χ2n) is 8.72. The fraction of sp³-hybridized carbons (Fsp3) is 0.524. The van der Waals surface area contributed by atoms with E-state index in [0.717, 1.165) is 0 Å². The predicted octanol–water partition coefficient (Wildman–Crippen LogP) is 3.13. The molecule has 1 aromatic heterocycles. The van der Waals surface area contributed by atoms with Crippen molar-refractivity contribution >= 4 is 22.5 Å². The number of aromatic nitrogens is 1. The van der Waals surface area contributed by atoms with E-state index in [4.69, 9.17) is 4.74 Å². The van der Waals surface area contributed by atoms with Gasteiger partial charge in [0.05, 0.1) is 11.6 Å². The zero-order valence-corrected chi connectivity index (χ0v) is 16.8. The van der Waals surface area contributed by atoms with Gasteiger partial charge in [-0.25, -0.2) is 4.39 Å². The number of amides is 1. The lowest BCUT2D eigenvalue weighted by molar-refractivity contribution is -0.175. The van der Waals surface area contributed by atoms with Gasteiger partial charge in [-0.2, -0.15) is 13.2 Å². The molecule has 2 aliphatic heterocycles. The van der Waals surface area contributed by atoms with Gasteiger partial charge in [0, 0.05) is 36.0 Å².